The second-order valence-corrected chi connectivity index (χ2v) is 4.94. The maximum absolute atomic E-state index is 13.4. The lowest BCUT2D eigenvalue weighted by atomic mass is 10.3. The molecule has 0 aliphatic heterocycles. The molecule has 3 rings (SSSR count). The van der Waals surface area contributed by atoms with Crippen molar-refractivity contribution in [1.82, 2.24) is 19.3 Å². The van der Waals surface area contributed by atoms with Crippen molar-refractivity contribution < 1.29 is 4.39 Å². The zero-order chi connectivity index (χ0) is 14.1. The Bertz CT molecular complexity index is 747. The fraction of sp³-hybridized carbons (Fsp3) is 0.286. The van der Waals surface area contributed by atoms with Crippen LogP contribution in [0.1, 0.15) is 11.5 Å². The van der Waals surface area contributed by atoms with E-state index < -0.39 is 0 Å². The number of nitrogens with zero attached hydrogens (tertiary/aromatic N) is 4. The van der Waals surface area contributed by atoms with Gasteiger partial charge in [-0.3, -0.25) is 4.68 Å². The molecule has 20 heavy (non-hydrogen) atoms. The van der Waals surface area contributed by atoms with E-state index in [0.29, 0.717) is 12.4 Å². The maximum atomic E-state index is 13.4. The van der Waals surface area contributed by atoms with E-state index in [1.165, 1.54) is 12.1 Å². The number of hydrogen-bond acceptors (Lipinski definition) is 2. The van der Waals surface area contributed by atoms with Gasteiger partial charge in [-0.25, -0.2) is 9.37 Å². The number of aryl methyl sites for hydroxylation is 3. The van der Waals surface area contributed by atoms with Gasteiger partial charge >= 0.3 is 0 Å². The van der Waals surface area contributed by atoms with Crippen LogP contribution in [0, 0.1) is 5.82 Å². The summed E-state index contributed by atoms with van der Waals surface area (Å²) < 4.78 is 17.1. The minimum atomic E-state index is -0.266. The molecule has 2 heterocycles. The summed E-state index contributed by atoms with van der Waals surface area (Å²) >= 11 is 5.93. The number of halogens is 2. The van der Waals surface area contributed by atoms with Crippen molar-refractivity contribution in [2.45, 2.75) is 18.8 Å². The highest BCUT2D eigenvalue weighted by molar-refractivity contribution is 6.16. The van der Waals surface area contributed by atoms with Crippen molar-refractivity contribution >= 4 is 22.6 Å². The van der Waals surface area contributed by atoms with E-state index in [1.54, 1.807) is 10.7 Å². The van der Waals surface area contributed by atoms with Gasteiger partial charge in [-0.05, 0) is 24.3 Å². The van der Waals surface area contributed by atoms with Crippen LogP contribution in [-0.4, -0.2) is 19.3 Å². The van der Waals surface area contributed by atoms with Gasteiger partial charge in [-0.2, -0.15) is 5.10 Å². The lowest BCUT2D eigenvalue weighted by Gasteiger charge is -2.06. The molecule has 0 N–H and O–H groups in total. The summed E-state index contributed by atoms with van der Waals surface area (Å²) in [5, 5.41) is 4.34. The molecular weight excluding hydrogens is 279 g/mol. The second kappa shape index (κ2) is 5.25. The van der Waals surface area contributed by atoms with Crippen molar-refractivity contribution in [3.8, 4) is 0 Å². The number of fused-ring (bicyclic) bond motifs is 1. The van der Waals surface area contributed by atoms with Crippen LogP contribution < -0.4 is 0 Å². The molecule has 1 aromatic carbocycles. The third-order valence-corrected chi connectivity index (χ3v) is 3.51. The lowest BCUT2D eigenvalue weighted by molar-refractivity contribution is 0.625. The van der Waals surface area contributed by atoms with E-state index in [0.717, 1.165) is 29.0 Å². The fourth-order valence-electron chi connectivity index (χ4n) is 2.32. The van der Waals surface area contributed by atoms with E-state index in [4.69, 9.17) is 11.6 Å². The normalized spacial score (nSPS) is 11.3. The van der Waals surface area contributed by atoms with Gasteiger partial charge in [-0.1, -0.05) is 0 Å². The van der Waals surface area contributed by atoms with Gasteiger partial charge in [0.05, 0.1) is 22.6 Å². The highest BCUT2D eigenvalue weighted by atomic mass is 35.5. The first-order valence-corrected chi connectivity index (χ1v) is 6.90. The van der Waals surface area contributed by atoms with Gasteiger partial charge in [0.25, 0.3) is 0 Å². The summed E-state index contributed by atoms with van der Waals surface area (Å²) in [5.41, 5.74) is 2.53. The van der Waals surface area contributed by atoms with Gasteiger partial charge in [0, 0.05) is 26.2 Å². The number of alkyl halides is 1. The summed E-state index contributed by atoms with van der Waals surface area (Å²) in [6.45, 7) is 0.680. The standard InChI is InChI=1S/C14H14ClFN4/c1-19-6-4-11(18-19)5-7-20-13-8-10(16)2-3-12(13)17-14(20)9-15/h2-4,6,8H,5,7,9H2,1H3. The zero-order valence-corrected chi connectivity index (χ0v) is 11.8. The average Bonchev–Trinajstić information content (AvgIpc) is 2.99. The van der Waals surface area contributed by atoms with Gasteiger partial charge in [0.15, 0.2) is 0 Å². The van der Waals surface area contributed by atoms with Gasteiger partial charge in [0.2, 0.25) is 0 Å². The molecule has 4 nitrogen and oxygen atoms in total. The molecule has 0 aliphatic carbocycles. The Kier molecular flexibility index (Phi) is 3.44. The Morgan fingerprint density at radius 2 is 2.15 bits per heavy atom. The highest BCUT2D eigenvalue weighted by Gasteiger charge is 2.11. The molecule has 3 aromatic rings. The fourth-order valence-corrected chi connectivity index (χ4v) is 2.52. The van der Waals surface area contributed by atoms with E-state index in [-0.39, 0.29) is 5.82 Å². The van der Waals surface area contributed by atoms with Crippen LogP contribution in [0.4, 0.5) is 4.39 Å². The Morgan fingerprint density at radius 1 is 1.30 bits per heavy atom. The molecule has 0 radical (unpaired) electrons. The third kappa shape index (κ3) is 2.41. The molecule has 2 aromatic heterocycles. The first kappa shape index (κ1) is 13.1. The maximum Gasteiger partial charge on any atom is 0.125 e. The largest absolute Gasteiger partial charge is 0.326 e. The number of hydrogen-bond donors (Lipinski definition) is 0. The predicted molar refractivity (Wildman–Crippen MR) is 76.2 cm³/mol. The van der Waals surface area contributed by atoms with Crippen LogP contribution in [0.15, 0.2) is 30.5 Å². The molecule has 0 atom stereocenters. The predicted octanol–water partition coefficient (Wildman–Crippen LogP) is 2.89. The summed E-state index contributed by atoms with van der Waals surface area (Å²) in [6.07, 6.45) is 2.66. The van der Waals surface area contributed by atoms with E-state index in [2.05, 4.69) is 10.1 Å². The molecule has 104 valence electrons. The van der Waals surface area contributed by atoms with Crippen LogP contribution in [-0.2, 0) is 25.9 Å². The molecule has 0 aliphatic rings. The molecule has 0 saturated carbocycles. The summed E-state index contributed by atoms with van der Waals surface area (Å²) in [6, 6.07) is 6.56. The topological polar surface area (TPSA) is 35.6 Å². The summed E-state index contributed by atoms with van der Waals surface area (Å²) in [7, 11) is 1.88. The molecular formula is C14H14ClFN4. The Balaban J connectivity index is 1.94. The zero-order valence-electron chi connectivity index (χ0n) is 11.1. The van der Waals surface area contributed by atoms with E-state index in [1.807, 2.05) is 23.9 Å². The van der Waals surface area contributed by atoms with E-state index >= 15 is 0 Å². The van der Waals surface area contributed by atoms with Crippen LogP contribution in [0.25, 0.3) is 11.0 Å². The number of benzene rings is 1. The van der Waals surface area contributed by atoms with Gasteiger partial charge in [-0.15, -0.1) is 11.6 Å². The molecule has 0 amide bonds. The van der Waals surface area contributed by atoms with Gasteiger partial charge in [0.1, 0.15) is 11.6 Å². The number of imidazole rings is 1. The number of rotatable bonds is 4. The van der Waals surface area contributed by atoms with Crippen LogP contribution in [0.5, 0.6) is 0 Å². The van der Waals surface area contributed by atoms with Crippen LogP contribution in [0.2, 0.25) is 0 Å². The van der Waals surface area contributed by atoms with E-state index in [9.17, 15) is 4.39 Å². The average molecular weight is 293 g/mol. The van der Waals surface area contributed by atoms with Crippen LogP contribution >= 0.6 is 11.6 Å². The molecule has 0 spiro atoms. The lowest BCUT2D eigenvalue weighted by Crippen LogP contribution is -2.06. The van der Waals surface area contributed by atoms with Gasteiger partial charge < -0.3 is 4.57 Å². The Labute approximate surface area is 120 Å². The highest BCUT2D eigenvalue weighted by Crippen LogP contribution is 2.19. The molecule has 0 bridgehead atoms. The Morgan fingerprint density at radius 3 is 2.85 bits per heavy atom. The van der Waals surface area contributed by atoms with Crippen molar-refractivity contribution in [3.05, 3.63) is 47.8 Å². The molecule has 0 saturated heterocycles. The van der Waals surface area contributed by atoms with Crippen molar-refractivity contribution in [2.24, 2.45) is 7.05 Å². The first-order chi connectivity index (χ1) is 9.67. The quantitative estimate of drug-likeness (QED) is 0.693. The minimum absolute atomic E-state index is 0.266. The van der Waals surface area contributed by atoms with Crippen LogP contribution in [0.3, 0.4) is 0 Å². The van der Waals surface area contributed by atoms with Crippen molar-refractivity contribution in [3.63, 3.8) is 0 Å². The smallest absolute Gasteiger partial charge is 0.125 e. The van der Waals surface area contributed by atoms with Crippen molar-refractivity contribution in [2.75, 3.05) is 0 Å². The first-order valence-electron chi connectivity index (χ1n) is 6.36. The summed E-state index contributed by atoms with van der Waals surface area (Å²) in [5.74, 6) is 0.791. The molecule has 0 fully saturated rings. The Hall–Kier alpha value is -1.88. The monoisotopic (exact) mass is 292 g/mol. The summed E-state index contributed by atoms with van der Waals surface area (Å²) in [4.78, 5) is 4.43. The second-order valence-electron chi connectivity index (χ2n) is 4.68. The van der Waals surface area contributed by atoms with Crippen molar-refractivity contribution in [1.29, 1.82) is 0 Å². The SMILES string of the molecule is Cn1ccc(CCn2c(CCl)nc3ccc(F)cc32)n1. The molecule has 6 heteroatoms. The molecule has 0 unspecified atom stereocenters. The number of aromatic nitrogens is 4. The third-order valence-electron chi connectivity index (χ3n) is 3.27. The minimum Gasteiger partial charge on any atom is -0.326 e.